The maximum atomic E-state index is 11.2. The molecule has 102 valence electrons. The molecule has 0 aliphatic carbocycles. The molecule has 1 aromatic heterocycles. The lowest BCUT2D eigenvalue weighted by atomic mass is 9.98. The van der Waals surface area contributed by atoms with Gasteiger partial charge in [-0.2, -0.15) is 0 Å². The Labute approximate surface area is 123 Å². The van der Waals surface area contributed by atoms with Crippen molar-refractivity contribution in [2.24, 2.45) is 5.73 Å². The number of H-pyrrole nitrogens is 1. The molecule has 2 aromatic carbocycles. The van der Waals surface area contributed by atoms with E-state index in [0.717, 1.165) is 21.2 Å². The third kappa shape index (κ3) is 2.30. The molecule has 1 unspecified atom stereocenters. The molecule has 0 saturated heterocycles. The first-order valence-corrected chi connectivity index (χ1v) is 6.98. The summed E-state index contributed by atoms with van der Waals surface area (Å²) in [6.45, 7) is 2.02. The number of benzene rings is 2. The molecule has 20 heavy (non-hydrogen) atoms. The van der Waals surface area contributed by atoms with E-state index in [1.165, 1.54) is 0 Å². The molecule has 4 nitrogen and oxygen atoms in total. The van der Waals surface area contributed by atoms with Gasteiger partial charge in [-0.15, -0.1) is 0 Å². The third-order valence-electron chi connectivity index (χ3n) is 3.29. The zero-order valence-electron chi connectivity index (χ0n) is 10.8. The Morgan fingerprint density at radius 2 is 2.05 bits per heavy atom. The molecule has 0 spiro atoms. The van der Waals surface area contributed by atoms with E-state index >= 15 is 0 Å². The lowest BCUT2D eigenvalue weighted by Gasteiger charge is -2.15. The molecular formula is C15H13BrN2O2. The maximum absolute atomic E-state index is 11.2. The van der Waals surface area contributed by atoms with E-state index in [2.05, 4.69) is 20.9 Å². The smallest absolute Gasteiger partial charge is 0.408 e. The SMILES string of the molecule is Cc1ccc(Br)c(C(N)c2ccc3[nH]c(=O)oc3c2)c1. The topological polar surface area (TPSA) is 72.0 Å². The summed E-state index contributed by atoms with van der Waals surface area (Å²) in [6, 6.07) is 11.3. The first-order chi connectivity index (χ1) is 9.54. The number of rotatable bonds is 2. The predicted octanol–water partition coefficient (Wildman–Crippen LogP) is 3.24. The Bertz CT molecular complexity index is 835. The minimum atomic E-state index is -0.456. The predicted molar refractivity (Wildman–Crippen MR) is 81.7 cm³/mol. The highest BCUT2D eigenvalue weighted by Crippen LogP contribution is 2.29. The van der Waals surface area contributed by atoms with Gasteiger partial charge in [-0.25, -0.2) is 4.79 Å². The van der Waals surface area contributed by atoms with E-state index in [-0.39, 0.29) is 6.04 Å². The standard InChI is InChI=1S/C15H13BrN2O2/c1-8-2-4-11(16)10(6-8)14(17)9-3-5-12-13(7-9)20-15(19)18-12/h2-7,14H,17H2,1H3,(H,18,19). The molecule has 0 saturated carbocycles. The zero-order chi connectivity index (χ0) is 14.3. The summed E-state index contributed by atoms with van der Waals surface area (Å²) in [5, 5.41) is 0. The van der Waals surface area contributed by atoms with Crippen LogP contribution in [0.15, 0.2) is 50.1 Å². The van der Waals surface area contributed by atoms with Crippen LogP contribution in [0.4, 0.5) is 0 Å². The molecule has 0 amide bonds. The van der Waals surface area contributed by atoms with Crippen molar-refractivity contribution in [3.63, 3.8) is 0 Å². The van der Waals surface area contributed by atoms with Gasteiger partial charge in [0.2, 0.25) is 0 Å². The van der Waals surface area contributed by atoms with Gasteiger partial charge >= 0.3 is 5.76 Å². The van der Waals surface area contributed by atoms with Gasteiger partial charge < -0.3 is 10.2 Å². The summed E-state index contributed by atoms with van der Waals surface area (Å²) < 4.78 is 6.03. The second-order valence-electron chi connectivity index (χ2n) is 4.77. The minimum absolute atomic E-state index is 0.283. The maximum Gasteiger partial charge on any atom is 0.417 e. The van der Waals surface area contributed by atoms with Crippen LogP contribution >= 0.6 is 15.9 Å². The summed E-state index contributed by atoms with van der Waals surface area (Å²) in [5.41, 5.74) is 10.6. The van der Waals surface area contributed by atoms with Crippen molar-refractivity contribution in [3.8, 4) is 0 Å². The van der Waals surface area contributed by atoms with Crippen LogP contribution in [0, 0.1) is 6.92 Å². The van der Waals surface area contributed by atoms with Gasteiger partial charge in [-0.3, -0.25) is 4.98 Å². The van der Waals surface area contributed by atoms with E-state index < -0.39 is 5.76 Å². The number of oxazole rings is 1. The van der Waals surface area contributed by atoms with Gasteiger partial charge in [0.25, 0.3) is 0 Å². The zero-order valence-corrected chi connectivity index (χ0v) is 12.4. The Hall–Kier alpha value is -1.85. The van der Waals surface area contributed by atoms with Crippen LogP contribution in [0.5, 0.6) is 0 Å². The van der Waals surface area contributed by atoms with Crippen LogP contribution in [0.1, 0.15) is 22.7 Å². The molecule has 3 aromatic rings. The number of aromatic amines is 1. The van der Waals surface area contributed by atoms with Crippen molar-refractivity contribution in [2.45, 2.75) is 13.0 Å². The Balaban J connectivity index is 2.09. The van der Waals surface area contributed by atoms with Gasteiger partial charge in [0.05, 0.1) is 11.6 Å². The van der Waals surface area contributed by atoms with Crippen molar-refractivity contribution in [1.82, 2.24) is 4.98 Å². The van der Waals surface area contributed by atoms with Crippen molar-refractivity contribution in [3.05, 3.63) is 68.1 Å². The van der Waals surface area contributed by atoms with Gasteiger partial charge in [0.1, 0.15) is 0 Å². The van der Waals surface area contributed by atoms with Gasteiger partial charge in [-0.05, 0) is 36.2 Å². The number of halogens is 1. The first-order valence-electron chi connectivity index (χ1n) is 6.19. The molecule has 3 N–H and O–H groups in total. The summed E-state index contributed by atoms with van der Waals surface area (Å²) in [4.78, 5) is 13.8. The van der Waals surface area contributed by atoms with Crippen molar-refractivity contribution in [1.29, 1.82) is 0 Å². The van der Waals surface area contributed by atoms with Crippen molar-refractivity contribution < 1.29 is 4.42 Å². The van der Waals surface area contributed by atoms with Crippen molar-refractivity contribution in [2.75, 3.05) is 0 Å². The number of nitrogens with two attached hydrogens (primary N) is 1. The Kier molecular flexibility index (Phi) is 3.23. The number of nitrogens with one attached hydrogen (secondary N) is 1. The van der Waals surface area contributed by atoms with Crippen molar-refractivity contribution >= 4 is 27.0 Å². The van der Waals surface area contributed by atoms with E-state index in [1.54, 1.807) is 12.1 Å². The summed E-state index contributed by atoms with van der Waals surface area (Å²) in [5.74, 6) is -0.456. The number of aromatic nitrogens is 1. The van der Waals surface area contributed by atoms with Crippen LogP contribution in [0.25, 0.3) is 11.1 Å². The molecule has 0 bridgehead atoms. The second-order valence-corrected chi connectivity index (χ2v) is 5.63. The van der Waals surface area contributed by atoms with Crippen LogP contribution in [-0.2, 0) is 0 Å². The molecular weight excluding hydrogens is 320 g/mol. The highest BCUT2D eigenvalue weighted by molar-refractivity contribution is 9.10. The molecule has 5 heteroatoms. The molecule has 0 radical (unpaired) electrons. The average Bonchev–Trinajstić information content (AvgIpc) is 2.79. The summed E-state index contributed by atoms with van der Waals surface area (Å²) in [7, 11) is 0. The fourth-order valence-electron chi connectivity index (χ4n) is 2.24. The average molecular weight is 333 g/mol. The molecule has 1 heterocycles. The number of hydrogen-bond acceptors (Lipinski definition) is 3. The van der Waals surface area contributed by atoms with Gasteiger partial charge in [0.15, 0.2) is 5.58 Å². The normalized spacial score (nSPS) is 12.8. The monoisotopic (exact) mass is 332 g/mol. The Morgan fingerprint density at radius 3 is 2.85 bits per heavy atom. The van der Waals surface area contributed by atoms with E-state index in [4.69, 9.17) is 10.2 Å². The van der Waals surface area contributed by atoms with Gasteiger partial charge in [-0.1, -0.05) is 39.7 Å². The third-order valence-corrected chi connectivity index (χ3v) is 4.01. The van der Waals surface area contributed by atoms with Crippen LogP contribution in [0.2, 0.25) is 0 Å². The number of aryl methyl sites for hydroxylation is 1. The minimum Gasteiger partial charge on any atom is -0.408 e. The first kappa shape index (κ1) is 13.1. The highest BCUT2D eigenvalue weighted by atomic mass is 79.9. The molecule has 0 aliphatic heterocycles. The number of fused-ring (bicyclic) bond motifs is 1. The molecule has 3 rings (SSSR count). The molecule has 1 atom stereocenters. The highest BCUT2D eigenvalue weighted by Gasteiger charge is 2.14. The quantitative estimate of drug-likeness (QED) is 0.756. The largest absolute Gasteiger partial charge is 0.417 e. The molecule has 0 fully saturated rings. The number of hydrogen-bond donors (Lipinski definition) is 2. The molecule has 0 aliphatic rings. The van der Waals surface area contributed by atoms with E-state index in [1.807, 2.05) is 31.2 Å². The Morgan fingerprint density at radius 1 is 1.25 bits per heavy atom. The van der Waals surface area contributed by atoms with E-state index in [0.29, 0.717) is 11.1 Å². The summed E-state index contributed by atoms with van der Waals surface area (Å²) >= 11 is 3.52. The van der Waals surface area contributed by atoms with Crippen LogP contribution in [-0.4, -0.2) is 4.98 Å². The fourth-order valence-corrected chi connectivity index (χ4v) is 2.73. The van der Waals surface area contributed by atoms with E-state index in [9.17, 15) is 4.79 Å². The lowest BCUT2D eigenvalue weighted by molar-refractivity contribution is 0.555. The van der Waals surface area contributed by atoms with Crippen LogP contribution < -0.4 is 11.5 Å². The van der Waals surface area contributed by atoms with Crippen LogP contribution in [0.3, 0.4) is 0 Å². The lowest BCUT2D eigenvalue weighted by Crippen LogP contribution is -2.12. The van der Waals surface area contributed by atoms with Gasteiger partial charge in [0, 0.05) is 4.47 Å². The fraction of sp³-hybridized carbons (Fsp3) is 0.133. The summed E-state index contributed by atoms with van der Waals surface area (Å²) in [6.07, 6.45) is 0. The second kappa shape index (κ2) is 4.92.